The number of rotatable bonds is 2. The molecule has 1 heterocycles. The fourth-order valence-corrected chi connectivity index (χ4v) is 2.12. The normalized spacial score (nSPS) is 33.7. The number of hydrogen-bond acceptors (Lipinski definition) is 1. The Balaban J connectivity index is 2.32. The van der Waals surface area contributed by atoms with Gasteiger partial charge in [-0.3, -0.25) is 0 Å². The molecule has 1 aliphatic heterocycles. The number of halogens is 1. The van der Waals surface area contributed by atoms with E-state index >= 15 is 0 Å². The molecule has 1 aliphatic rings. The predicted octanol–water partition coefficient (Wildman–Crippen LogP) is 2.55. The van der Waals surface area contributed by atoms with E-state index in [0.717, 1.165) is 13.0 Å². The molecule has 0 N–H and O–H groups in total. The summed E-state index contributed by atoms with van der Waals surface area (Å²) in [6.45, 7) is 4.65. The first-order valence-electron chi connectivity index (χ1n) is 3.71. The summed E-state index contributed by atoms with van der Waals surface area (Å²) in [7, 11) is 0. The maximum absolute atomic E-state index is 5.55. The molecular weight excluding hydrogens is 239 g/mol. The lowest BCUT2D eigenvalue weighted by Crippen LogP contribution is -2.28. The quantitative estimate of drug-likeness (QED) is 0.417. The second-order valence-corrected chi connectivity index (χ2v) is 4.19. The summed E-state index contributed by atoms with van der Waals surface area (Å²) in [5.41, 5.74) is 0. The van der Waals surface area contributed by atoms with Crippen LogP contribution in [-0.2, 0) is 4.74 Å². The first kappa shape index (κ1) is 8.53. The van der Waals surface area contributed by atoms with Gasteiger partial charge in [0.25, 0.3) is 0 Å². The maximum atomic E-state index is 5.55. The Morgan fingerprint density at radius 3 is 3.10 bits per heavy atom. The standard InChI is InChI=1S/C8H13IO/c1-2-4-8-7(9)5-3-6-10-8/h2,7-8H,1,3-6H2/t7-,8+/m0/s1. The van der Waals surface area contributed by atoms with Gasteiger partial charge in [-0.05, 0) is 19.3 Å². The number of hydrogen-bond donors (Lipinski definition) is 0. The van der Waals surface area contributed by atoms with Crippen molar-refractivity contribution >= 4 is 22.6 Å². The van der Waals surface area contributed by atoms with E-state index in [9.17, 15) is 0 Å². The van der Waals surface area contributed by atoms with E-state index in [4.69, 9.17) is 4.74 Å². The van der Waals surface area contributed by atoms with E-state index in [1.165, 1.54) is 12.8 Å². The summed E-state index contributed by atoms with van der Waals surface area (Å²) >= 11 is 2.47. The van der Waals surface area contributed by atoms with Crippen LogP contribution in [0.2, 0.25) is 0 Å². The Morgan fingerprint density at radius 2 is 2.50 bits per heavy atom. The van der Waals surface area contributed by atoms with Gasteiger partial charge >= 0.3 is 0 Å². The Kier molecular flexibility index (Phi) is 3.70. The van der Waals surface area contributed by atoms with Crippen molar-refractivity contribution in [2.45, 2.75) is 29.3 Å². The van der Waals surface area contributed by atoms with E-state index in [0.29, 0.717) is 10.0 Å². The topological polar surface area (TPSA) is 9.23 Å². The summed E-state index contributed by atoms with van der Waals surface area (Å²) in [4.78, 5) is 0. The van der Waals surface area contributed by atoms with Crippen LogP contribution in [0.25, 0.3) is 0 Å². The molecule has 0 bridgehead atoms. The van der Waals surface area contributed by atoms with Crippen molar-refractivity contribution in [1.82, 2.24) is 0 Å². The van der Waals surface area contributed by atoms with Gasteiger partial charge in [0.15, 0.2) is 0 Å². The molecule has 0 aromatic rings. The Labute approximate surface area is 76.0 Å². The van der Waals surface area contributed by atoms with Gasteiger partial charge in [-0.25, -0.2) is 0 Å². The van der Waals surface area contributed by atoms with Crippen LogP contribution in [0.3, 0.4) is 0 Å². The van der Waals surface area contributed by atoms with Crippen LogP contribution in [0.5, 0.6) is 0 Å². The van der Waals surface area contributed by atoms with Crippen molar-refractivity contribution in [3.8, 4) is 0 Å². The Hall–Kier alpha value is 0.430. The number of alkyl halides is 1. The third kappa shape index (κ3) is 2.23. The van der Waals surface area contributed by atoms with Crippen molar-refractivity contribution in [2.24, 2.45) is 0 Å². The van der Waals surface area contributed by atoms with Crippen molar-refractivity contribution in [1.29, 1.82) is 0 Å². The second kappa shape index (κ2) is 4.34. The monoisotopic (exact) mass is 252 g/mol. The average Bonchev–Trinajstić information content (AvgIpc) is 1.94. The molecule has 1 nitrogen and oxygen atoms in total. The van der Waals surface area contributed by atoms with Crippen LogP contribution in [0.1, 0.15) is 19.3 Å². The highest BCUT2D eigenvalue weighted by Gasteiger charge is 2.21. The van der Waals surface area contributed by atoms with E-state index < -0.39 is 0 Å². The Morgan fingerprint density at radius 1 is 1.70 bits per heavy atom. The van der Waals surface area contributed by atoms with Crippen LogP contribution >= 0.6 is 22.6 Å². The molecule has 0 aromatic heterocycles. The largest absolute Gasteiger partial charge is 0.377 e. The number of ether oxygens (including phenoxy) is 1. The van der Waals surface area contributed by atoms with Crippen LogP contribution in [0, 0.1) is 0 Å². The van der Waals surface area contributed by atoms with Gasteiger partial charge in [0.2, 0.25) is 0 Å². The molecule has 0 amide bonds. The minimum atomic E-state index is 0.437. The summed E-state index contributed by atoms with van der Waals surface area (Å²) in [6, 6.07) is 0. The van der Waals surface area contributed by atoms with Gasteiger partial charge in [0.05, 0.1) is 6.10 Å². The van der Waals surface area contributed by atoms with E-state index in [1.807, 2.05) is 6.08 Å². The Bertz CT molecular complexity index is 114. The molecular formula is C8H13IO. The lowest BCUT2D eigenvalue weighted by Gasteiger charge is -2.26. The van der Waals surface area contributed by atoms with Crippen LogP contribution in [0.4, 0.5) is 0 Å². The fourth-order valence-electron chi connectivity index (χ4n) is 1.18. The zero-order valence-corrected chi connectivity index (χ0v) is 8.21. The van der Waals surface area contributed by atoms with Crippen LogP contribution in [0.15, 0.2) is 12.7 Å². The first-order valence-corrected chi connectivity index (χ1v) is 4.95. The van der Waals surface area contributed by atoms with Crippen molar-refractivity contribution < 1.29 is 4.74 Å². The molecule has 0 saturated carbocycles. The predicted molar refractivity (Wildman–Crippen MR) is 51.6 cm³/mol. The highest BCUT2D eigenvalue weighted by molar-refractivity contribution is 14.1. The van der Waals surface area contributed by atoms with Gasteiger partial charge in [0, 0.05) is 10.5 Å². The molecule has 2 atom stereocenters. The summed E-state index contributed by atoms with van der Waals surface area (Å²) in [5, 5.41) is 0. The fraction of sp³-hybridized carbons (Fsp3) is 0.750. The second-order valence-electron chi connectivity index (χ2n) is 2.59. The highest BCUT2D eigenvalue weighted by atomic mass is 127. The lowest BCUT2D eigenvalue weighted by atomic mass is 10.1. The average molecular weight is 252 g/mol. The van der Waals surface area contributed by atoms with Gasteiger partial charge in [-0.1, -0.05) is 28.7 Å². The maximum Gasteiger partial charge on any atom is 0.0726 e. The molecule has 0 radical (unpaired) electrons. The van der Waals surface area contributed by atoms with Crippen molar-refractivity contribution in [3.63, 3.8) is 0 Å². The molecule has 1 saturated heterocycles. The minimum Gasteiger partial charge on any atom is -0.377 e. The zero-order chi connectivity index (χ0) is 7.40. The molecule has 0 aliphatic carbocycles. The first-order chi connectivity index (χ1) is 4.84. The van der Waals surface area contributed by atoms with Crippen LogP contribution in [-0.4, -0.2) is 16.6 Å². The third-order valence-corrected chi connectivity index (χ3v) is 3.18. The van der Waals surface area contributed by atoms with Crippen molar-refractivity contribution in [2.75, 3.05) is 6.61 Å². The van der Waals surface area contributed by atoms with Gasteiger partial charge in [-0.15, -0.1) is 6.58 Å². The minimum absolute atomic E-state index is 0.437. The van der Waals surface area contributed by atoms with Crippen molar-refractivity contribution in [3.05, 3.63) is 12.7 Å². The van der Waals surface area contributed by atoms with Gasteiger partial charge in [-0.2, -0.15) is 0 Å². The van der Waals surface area contributed by atoms with E-state index in [2.05, 4.69) is 29.2 Å². The molecule has 0 aromatic carbocycles. The molecule has 1 rings (SSSR count). The summed E-state index contributed by atoms with van der Waals surface area (Å²) < 4.78 is 6.25. The SMILES string of the molecule is C=CC[C@H]1OCCC[C@@H]1I. The van der Waals surface area contributed by atoms with E-state index in [-0.39, 0.29) is 0 Å². The highest BCUT2D eigenvalue weighted by Crippen LogP contribution is 2.23. The molecule has 0 spiro atoms. The molecule has 10 heavy (non-hydrogen) atoms. The van der Waals surface area contributed by atoms with E-state index in [1.54, 1.807) is 0 Å². The molecule has 1 fully saturated rings. The molecule has 58 valence electrons. The summed E-state index contributed by atoms with van der Waals surface area (Å²) in [5.74, 6) is 0. The third-order valence-electron chi connectivity index (χ3n) is 1.76. The smallest absolute Gasteiger partial charge is 0.0726 e. The van der Waals surface area contributed by atoms with Gasteiger partial charge in [0.1, 0.15) is 0 Å². The molecule has 0 unspecified atom stereocenters. The zero-order valence-electron chi connectivity index (χ0n) is 6.05. The lowest BCUT2D eigenvalue weighted by molar-refractivity contribution is 0.0273. The molecule has 2 heteroatoms. The summed E-state index contributed by atoms with van der Waals surface area (Å²) in [6.07, 6.45) is 5.92. The van der Waals surface area contributed by atoms with Gasteiger partial charge < -0.3 is 4.74 Å². The van der Waals surface area contributed by atoms with Crippen LogP contribution < -0.4 is 0 Å².